The molecule has 2 atom stereocenters. The van der Waals surface area contributed by atoms with Gasteiger partial charge >= 0.3 is 5.97 Å². The summed E-state index contributed by atoms with van der Waals surface area (Å²) in [7, 11) is -4.17. The monoisotopic (exact) mass is 606 g/mol. The molecule has 5 rings (SSSR count). The number of nitrogens with zero attached hydrogens (tertiary/aromatic N) is 1. The summed E-state index contributed by atoms with van der Waals surface area (Å²) in [6.07, 6.45) is 0.0761. The van der Waals surface area contributed by atoms with Crippen molar-refractivity contribution in [2.75, 3.05) is 37.8 Å². The van der Waals surface area contributed by atoms with Crippen molar-refractivity contribution >= 4 is 56.6 Å². The number of carboxylic acids is 1. The van der Waals surface area contributed by atoms with E-state index in [0.717, 1.165) is 27.3 Å². The Bertz CT molecular complexity index is 1460. The van der Waals surface area contributed by atoms with E-state index in [1.54, 1.807) is 47.4 Å². The van der Waals surface area contributed by atoms with Crippen LogP contribution in [-0.4, -0.2) is 73.6 Å². The number of aliphatic carboxylic acids is 1. The number of thiophene rings is 1. The number of rotatable bonds is 10. The van der Waals surface area contributed by atoms with Gasteiger partial charge in [-0.3, -0.25) is 9.59 Å². The van der Waals surface area contributed by atoms with Gasteiger partial charge in [0.15, 0.2) is 0 Å². The topological polar surface area (TPSA) is 113 Å². The zero-order chi connectivity index (χ0) is 27.7. The van der Waals surface area contributed by atoms with Gasteiger partial charge in [0.1, 0.15) is 9.75 Å². The van der Waals surface area contributed by atoms with Gasteiger partial charge in [-0.25, -0.2) is 8.42 Å². The van der Waals surface area contributed by atoms with E-state index in [-0.39, 0.29) is 28.0 Å². The van der Waals surface area contributed by atoms with Gasteiger partial charge in [0.05, 0.1) is 19.0 Å². The Balaban J connectivity index is 1.38. The summed E-state index contributed by atoms with van der Waals surface area (Å²) in [6, 6.07) is 19.3. The van der Waals surface area contributed by atoms with E-state index < -0.39 is 26.9 Å². The molecule has 1 saturated carbocycles. The van der Waals surface area contributed by atoms with Gasteiger partial charge in [0.2, 0.25) is 5.91 Å². The number of ether oxygens (including phenoxy) is 1. The molecule has 12 heteroatoms. The lowest BCUT2D eigenvalue weighted by Crippen LogP contribution is -2.49. The number of carbonyl (C=O) groups is 2. The molecule has 1 saturated heterocycles. The van der Waals surface area contributed by atoms with Gasteiger partial charge in [0, 0.05) is 34.2 Å². The van der Waals surface area contributed by atoms with Crippen molar-refractivity contribution in [2.24, 2.45) is 0 Å². The van der Waals surface area contributed by atoms with Gasteiger partial charge in [0.25, 0.3) is 10.0 Å². The van der Waals surface area contributed by atoms with Crippen LogP contribution in [0.25, 0.3) is 10.4 Å². The molecule has 2 N–H and O–H groups in total. The number of benzene rings is 2. The number of amides is 1. The Morgan fingerprint density at radius 1 is 1.05 bits per heavy atom. The molecule has 3 aromatic rings. The second-order valence-corrected chi connectivity index (χ2v) is 14.0. The average molecular weight is 607 g/mol. The summed E-state index contributed by atoms with van der Waals surface area (Å²) in [5.74, 6) is -0.846. The average Bonchev–Trinajstić information content (AvgIpc) is 3.30. The maximum atomic E-state index is 13.5. The third-order valence-corrected chi connectivity index (χ3v) is 11.7. The van der Waals surface area contributed by atoms with Crippen LogP contribution in [-0.2, 0) is 29.8 Å². The van der Waals surface area contributed by atoms with Crippen molar-refractivity contribution in [1.82, 2.24) is 9.62 Å². The standard InChI is InChI=1S/C27H27ClN2O6S3/c28-21-8-6-19(7-9-21)22-10-11-24(38-22)39(34,35)29-27(25(32)33)17-26(27,20-4-2-1-3-5-20)18-37-16-23(31)30-12-14-36-15-13-30/h1-11,29H,12-18H2,(H,32,33). The Morgan fingerprint density at radius 2 is 1.74 bits per heavy atom. The molecular formula is C27H27ClN2O6S3. The molecule has 2 unspecified atom stereocenters. The highest BCUT2D eigenvalue weighted by atomic mass is 35.5. The van der Waals surface area contributed by atoms with Crippen LogP contribution in [0.1, 0.15) is 12.0 Å². The molecule has 0 bridgehead atoms. The molecule has 1 aliphatic carbocycles. The second-order valence-electron chi connectivity index (χ2n) is 9.55. The largest absolute Gasteiger partial charge is 0.480 e. The maximum absolute atomic E-state index is 13.5. The molecule has 0 spiro atoms. The summed E-state index contributed by atoms with van der Waals surface area (Å²) in [5.41, 5.74) is -1.23. The molecule has 2 fully saturated rings. The third kappa shape index (κ3) is 5.61. The number of carbonyl (C=O) groups excluding carboxylic acids is 1. The Kier molecular flexibility index (Phi) is 8.10. The van der Waals surface area contributed by atoms with Gasteiger partial charge in [-0.05, 0) is 41.8 Å². The van der Waals surface area contributed by atoms with Crippen LogP contribution >= 0.6 is 34.7 Å². The van der Waals surface area contributed by atoms with E-state index >= 15 is 0 Å². The van der Waals surface area contributed by atoms with Crippen LogP contribution in [0.15, 0.2) is 70.9 Å². The van der Waals surface area contributed by atoms with Crippen LogP contribution in [0.5, 0.6) is 0 Å². The van der Waals surface area contributed by atoms with Gasteiger partial charge in [-0.2, -0.15) is 16.5 Å². The number of hydrogen-bond acceptors (Lipinski definition) is 7. The fraction of sp³-hybridized carbons (Fsp3) is 0.333. The molecule has 206 valence electrons. The summed E-state index contributed by atoms with van der Waals surface area (Å²) in [4.78, 5) is 27.9. The predicted molar refractivity (Wildman–Crippen MR) is 153 cm³/mol. The number of morpholine rings is 1. The van der Waals surface area contributed by atoms with Gasteiger partial charge in [-0.15, -0.1) is 11.3 Å². The van der Waals surface area contributed by atoms with Crippen LogP contribution in [0.4, 0.5) is 0 Å². The highest BCUT2D eigenvalue weighted by molar-refractivity contribution is 8.00. The summed E-state index contributed by atoms with van der Waals surface area (Å²) >= 11 is 8.36. The van der Waals surface area contributed by atoms with Crippen molar-refractivity contribution in [3.8, 4) is 10.4 Å². The number of hydrogen-bond donors (Lipinski definition) is 2. The number of thioether (sulfide) groups is 1. The van der Waals surface area contributed by atoms with Crippen molar-refractivity contribution in [1.29, 1.82) is 0 Å². The minimum atomic E-state index is -4.17. The number of sulfonamides is 1. The fourth-order valence-electron chi connectivity index (χ4n) is 4.96. The first-order valence-electron chi connectivity index (χ1n) is 12.3. The lowest BCUT2D eigenvalue weighted by molar-refractivity contribution is -0.140. The number of carboxylic acid groups (broad SMARTS) is 1. The van der Waals surface area contributed by atoms with Gasteiger partial charge < -0.3 is 14.7 Å². The molecule has 1 amide bonds. The summed E-state index contributed by atoms with van der Waals surface area (Å²) in [5, 5.41) is 11.0. The van der Waals surface area contributed by atoms with E-state index in [1.807, 2.05) is 18.2 Å². The smallest absolute Gasteiger partial charge is 0.325 e. The Labute approximate surface area is 240 Å². The molecular weight excluding hydrogens is 580 g/mol. The summed E-state index contributed by atoms with van der Waals surface area (Å²) in [6.45, 7) is 2.05. The second kappa shape index (κ2) is 11.2. The fourth-order valence-corrected chi connectivity index (χ4v) is 9.15. The quantitative estimate of drug-likeness (QED) is 0.357. The van der Waals surface area contributed by atoms with Crippen molar-refractivity contribution in [2.45, 2.75) is 21.6 Å². The van der Waals surface area contributed by atoms with E-state index in [9.17, 15) is 23.1 Å². The number of halogens is 1. The zero-order valence-electron chi connectivity index (χ0n) is 20.8. The highest BCUT2D eigenvalue weighted by Crippen LogP contribution is 2.60. The normalized spacial score (nSPS) is 22.9. The maximum Gasteiger partial charge on any atom is 0.325 e. The lowest BCUT2D eigenvalue weighted by atomic mass is 9.92. The van der Waals surface area contributed by atoms with Crippen LogP contribution in [0.2, 0.25) is 5.02 Å². The van der Waals surface area contributed by atoms with E-state index in [4.69, 9.17) is 16.3 Å². The molecule has 1 aliphatic heterocycles. The van der Waals surface area contributed by atoms with E-state index in [0.29, 0.717) is 31.3 Å². The first kappa shape index (κ1) is 28.1. The Hall–Kier alpha value is -2.41. The molecule has 0 radical (unpaired) electrons. The molecule has 1 aromatic heterocycles. The molecule has 2 heterocycles. The molecule has 8 nitrogen and oxygen atoms in total. The molecule has 2 aromatic carbocycles. The third-order valence-electron chi connectivity index (χ3n) is 7.17. The van der Waals surface area contributed by atoms with Crippen molar-refractivity contribution in [3.63, 3.8) is 0 Å². The van der Waals surface area contributed by atoms with Crippen LogP contribution in [0.3, 0.4) is 0 Å². The summed E-state index contributed by atoms with van der Waals surface area (Å²) < 4.78 is 35.0. The van der Waals surface area contributed by atoms with Crippen molar-refractivity contribution in [3.05, 3.63) is 77.3 Å². The lowest BCUT2D eigenvalue weighted by Gasteiger charge is -2.27. The predicted octanol–water partition coefficient (Wildman–Crippen LogP) is 4.10. The minimum Gasteiger partial charge on any atom is -0.480 e. The molecule has 39 heavy (non-hydrogen) atoms. The van der Waals surface area contributed by atoms with Crippen LogP contribution in [0, 0.1) is 0 Å². The first-order valence-corrected chi connectivity index (χ1v) is 16.1. The minimum absolute atomic E-state index is 0.0251. The van der Waals surface area contributed by atoms with E-state index in [2.05, 4.69) is 4.72 Å². The van der Waals surface area contributed by atoms with Gasteiger partial charge in [-0.1, -0.05) is 54.1 Å². The van der Waals surface area contributed by atoms with E-state index in [1.165, 1.54) is 17.8 Å². The van der Waals surface area contributed by atoms with Crippen LogP contribution < -0.4 is 4.72 Å². The van der Waals surface area contributed by atoms with Crippen molar-refractivity contribution < 1.29 is 27.9 Å². The highest BCUT2D eigenvalue weighted by Gasteiger charge is 2.74. The SMILES string of the molecule is O=C(CSCC1(c2ccccc2)CC1(NS(=O)(=O)c1ccc(-c2ccc(Cl)cc2)s1)C(=O)O)N1CCOCC1. The number of nitrogens with one attached hydrogen (secondary N) is 1. The zero-order valence-corrected chi connectivity index (χ0v) is 24.0. The first-order chi connectivity index (χ1) is 18.7. The Morgan fingerprint density at radius 3 is 2.41 bits per heavy atom. The molecule has 2 aliphatic rings.